The standard InChI is InChI=1S/C16H17N3O2S/c1-11-6-8-13(9-7-11)18-16(22)19-17-10-12-4-3-5-14(21-2)15(12)20/h3-10,20H,1-2H3,(H2,18,19,22). The fraction of sp³-hybridized carbons (Fsp3) is 0.125. The third-order valence-corrected chi connectivity index (χ3v) is 3.12. The Bertz CT molecular complexity index is 684. The summed E-state index contributed by atoms with van der Waals surface area (Å²) in [7, 11) is 1.49. The molecule has 0 saturated heterocycles. The van der Waals surface area contributed by atoms with Crippen molar-refractivity contribution in [1.82, 2.24) is 5.43 Å². The summed E-state index contributed by atoms with van der Waals surface area (Å²) in [6.45, 7) is 2.02. The maximum absolute atomic E-state index is 9.92. The molecule has 2 aromatic rings. The summed E-state index contributed by atoms with van der Waals surface area (Å²) in [6.07, 6.45) is 1.47. The zero-order valence-electron chi connectivity index (χ0n) is 12.3. The summed E-state index contributed by atoms with van der Waals surface area (Å²) in [4.78, 5) is 0. The predicted octanol–water partition coefficient (Wildman–Crippen LogP) is 3.03. The molecule has 0 spiro atoms. The highest BCUT2D eigenvalue weighted by molar-refractivity contribution is 7.80. The zero-order valence-corrected chi connectivity index (χ0v) is 13.1. The van der Waals surface area contributed by atoms with Crippen molar-refractivity contribution < 1.29 is 9.84 Å². The molecule has 0 saturated carbocycles. The first-order valence-corrected chi connectivity index (χ1v) is 7.03. The second kappa shape index (κ2) is 7.42. The number of hydrogen-bond acceptors (Lipinski definition) is 4. The second-order valence-electron chi connectivity index (χ2n) is 4.59. The molecule has 0 radical (unpaired) electrons. The van der Waals surface area contributed by atoms with Crippen molar-refractivity contribution in [3.05, 3.63) is 53.6 Å². The minimum Gasteiger partial charge on any atom is -0.504 e. The van der Waals surface area contributed by atoms with Crippen LogP contribution in [0.25, 0.3) is 0 Å². The Kier molecular flexibility index (Phi) is 5.32. The Morgan fingerprint density at radius 1 is 1.23 bits per heavy atom. The number of rotatable bonds is 4. The number of phenolic OH excluding ortho intramolecular Hbond substituents is 1. The van der Waals surface area contributed by atoms with E-state index in [0.29, 0.717) is 16.4 Å². The van der Waals surface area contributed by atoms with Gasteiger partial charge in [-0.25, -0.2) is 0 Å². The SMILES string of the molecule is COc1cccc(C=NNC(=S)Nc2ccc(C)cc2)c1O. The molecule has 0 atom stereocenters. The molecule has 0 amide bonds. The number of ether oxygens (including phenoxy) is 1. The Morgan fingerprint density at radius 2 is 1.95 bits per heavy atom. The lowest BCUT2D eigenvalue weighted by Crippen LogP contribution is -2.23. The van der Waals surface area contributed by atoms with Crippen LogP contribution in [0.5, 0.6) is 11.5 Å². The lowest BCUT2D eigenvalue weighted by Gasteiger charge is -2.07. The predicted molar refractivity (Wildman–Crippen MR) is 92.8 cm³/mol. The average molecular weight is 315 g/mol. The van der Waals surface area contributed by atoms with E-state index in [1.807, 2.05) is 31.2 Å². The number of phenols is 1. The maximum atomic E-state index is 9.92. The molecular formula is C16H17N3O2S. The fourth-order valence-electron chi connectivity index (χ4n) is 1.76. The van der Waals surface area contributed by atoms with Crippen molar-refractivity contribution >= 4 is 29.2 Å². The van der Waals surface area contributed by atoms with Gasteiger partial charge >= 0.3 is 0 Å². The van der Waals surface area contributed by atoms with Gasteiger partial charge in [-0.15, -0.1) is 0 Å². The number of hydrazone groups is 1. The van der Waals surface area contributed by atoms with E-state index in [2.05, 4.69) is 15.8 Å². The van der Waals surface area contributed by atoms with Gasteiger partial charge in [0.15, 0.2) is 16.6 Å². The smallest absolute Gasteiger partial charge is 0.191 e. The lowest BCUT2D eigenvalue weighted by molar-refractivity contribution is 0.373. The first kappa shape index (κ1) is 15.8. The topological polar surface area (TPSA) is 65.9 Å². The molecule has 2 aromatic carbocycles. The van der Waals surface area contributed by atoms with E-state index in [-0.39, 0.29) is 5.75 Å². The van der Waals surface area contributed by atoms with Crippen LogP contribution in [0.2, 0.25) is 0 Å². The molecule has 5 nitrogen and oxygen atoms in total. The summed E-state index contributed by atoms with van der Waals surface area (Å²) in [5.41, 5.74) is 5.28. The average Bonchev–Trinajstić information content (AvgIpc) is 2.51. The van der Waals surface area contributed by atoms with Gasteiger partial charge in [0, 0.05) is 11.3 Å². The van der Waals surface area contributed by atoms with Crippen molar-refractivity contribution in [2.45, 2.75) is 6.92 Å². The highest BCUT2D eigenvalue weighted by atomic mass is 32.1. The molecular weight excluding hydrogens is 298 g/mol. The van der Waals surface area contributed by atoms with Crippen molar-refractivity contribution in [2.75, 3.05) is 12.4 Å². The van der Waals surface area contributed by atoms with E-state index in [9.17, 15) is 5.11 Å². The Morgan fingerprint density at radius 3 is 2.64 bits per heavy atom. The highest BCUT2D eigenvalue weighted by Crippen LogP contribution is 2.27. The normalized spacial score (nSPS) is 10.5. The number of nitrogens with zero attached hydrogens (tertiary/aromatic N) is 1. The third-order valence-electron chi connectivity index (χ3n) is 2.93. The van der Waals surface area contributed by atoms with Gasteiger partial charge in [-0.05, 0) is 43.4 Å². The number of thiocarbonyl (C=S) groups is 1. The third kappa shape index (κ3) is 4.20. The van der Waals surface area contributed by atoms with Crippen LogP contribution in [0.3, 0.4) is 0 Å². The van der Waals surface area contributed by atoms with Crippen LogP contribution < -0.4 is 15.5 Å². The molecule has 2 rings (SSSR count). The first-order chi connectivity index (χ1) is 10.6. The molecule has 6 heteroatoms. The number of methoxy groups -OCH3 is 1. The highest BCUT2D eigenvalue weighted by Gasteiger charge is 2.04. The second-order valence-corrected chi connectivity index (χ2v) is 5.00. The number of benzene rings is 2. The Labute approximate surface area is 134 Å². The Hall–Kier alpha value is -2.60. The van der Waals surface area contributed by atoms with E-state index in [0.717, 1.165) is 5.69 Å². The molecule has 0 unspecified atom stereocenters. The summed E-state index contributed by atoms with van der Waals surface area (Å²) in [5.74, 6) is 0.428. The molecule has 114 valence electrons. The van der Waals surface area contributed by atoms with Crippen LogP contribution in [-0.2, 0) is 0 Å². The number of para-hydroxylation sites is 1. The number of aryl methyl sites for hydroxylation is 1. The molecule has 3 N–H and O–H groups in total. The van der Waals surface area contributed by atoms with Crippen molar-refractivity contribution in [3.8, 4) is 11.5 Å². The monoisotopic (exact) mass is 315 g/mol. The van der Waals surface area contributed by atoms with Gasteiger partial charge in [-0.3, -0.25) is 5.43 Å². The van der Waals surface area contributed by atoms with Crippen LogP contribution in [0.15, 0.2) is 47.6 Å². The van der Waals surface area contributed by atoms with Gasteiger partial charge in [0.2, 0.25) is 0 Å². The van der Waals surface area contributed by atoms with E-state index >= 15 is 0 Å². The molecule has 0 aliphatic heterocycles. The number of hydrogen-bond donors (Lipinski definition) is 3. The van der Waals surface area contributed by atoms with Gasteiger partial charge in [0.25, 0.3) is 0 Å². The molecule has 22 heavy (non-hydrogen) atoms. The van der Waals surface area contributed by atoms with Crippen LogP contribution in [0, 0.1) is 6.92 Å². The minimum absolute atomic E-state index is 0.0352. The first-order valence-electron chi connectivity index (χ1n) is 6.63. The molecule has 0 fully saturated rings. The van der Waals surface area contributed by atoms with Crippen molar-refractivity contribution in [2.24, 2.45) is 5.10 Å². The quantitative estimate of drug-likeness (QED) is 0.460. The number of nitrogens with one attached hydrogen (secondary N) is 2. The molecule has 0 bridgehead atoms. The van der Waals surface area contributed by atoms with Gasteiger partial charge in [-0.1, -0.05) is 23.8 Å². The van der Waals surface area contributed by atoms with Crippen LogP contribution in [0.4, 0.5) is 5.69 Å². The van der Waals surface area contributed by atoms with Gasteiger partial charge < -0.3 is 15.2 Å². The summed E-state index contributed by atoms with van der Waals surface area (Å²) in [6, 6.07) is 13.0. The van der Waals surface area contributed by atoms with E-state index in [4.69, 9.17) is 17.0 Å². The summed E-state index contributed by atoms with van der Waals surface area (Å²) in [5, 5.41) is 17.3. The molecule has 0 aromatic heterocycles. The van der Waals surface area contributed by atoms with E-state index in [1.54, 1.807) is 18.2 Å². The zero-order chi connectivity index (χ0) is 15.9. The van der Waals surface area contributed by atoms with Crippen molar-refractivity contribution in [3.63, 3.8) is 0 Å². The summed E-state index contributed by atoms with van der Waals surface area (Å²) >= 11 is 5.14. The van der Waals surface area contributed by atoms with Crippen LogP contribution >= 0.6 is 12.2 Å². The van der Waals surface area contributed by atoms with Gasteiger partial charge in [-0.2, -0.15) is 5.10 Å². The van der Waals surface area contributed by atoms with Crippen LogP contribution in [-0.4, -0.2) is 23.5 Å². The fourth-order valence-corrected chi connectivity index (χ4v) is 1.94. The van der Waals surface area contributed by atoms with Crippen LogP contribution in [0.1, 0.15) is 11.1 Å². The van der Waals surface area contributed by atoms with Gasteiger partial charge in [0.1, 0.15) is 0 Å². The van der Waals surface area contributed by atoms with Crippen molar-refractivity contribution in [1.29, 1.82) is 0 Å². The molecule has 0 aliphatic rings. The largest absolute Gasteiger partial charge is 0.504 e. The number of anilines is 1. The lowest BCUT2D eigenvalue weighted by atomic mass is 10.2. The van der Waals surface area contributed by atoms with E-state index < -0.39 is 0 Å². The maximum Gasteiger partial charge on any atom is 0.191 e. The minimum atomic E-state index is 0.0352. The van der Waals surface area contributed by atoms with Gasteiger partial charge in [0.05, 0.1) is 13.3 Å². The molecule has 0 heterocycles. The molecule has 0 aliphatic carbocycles. The number of aromatic hydroxyl groups is 1. The Balaban J connectivity index is 1.94. The summed E-state index contributed by atoms with van der Waals surface area (Å²) < 4.78 is 5.03. The van der Waals surface area contributed by atoms with E-state index in [1.165, 1.54) is 18.9 Å².